The van der Waals surface area contributed by atoms with Gasteiger partial charge in [0.15, 0.2) is 12.4 Å². The first-order valence-corrected chi connectivity index (χ1v) is 12.5. The Balaban J connectivity index is 1.85. The van der Waals surface area contributed by atoms with E-state index in [0.717, 1.165) is 26.1 Å². The molecule has 10 nitrogen and oxygen atoms in total. The summed E-state index contributed by atoms with van der Waals surface area (Å²) in [6.07, 6.45) is -1.71. The van der Waals surface area contributed by atoms with Gasteiger partial charge in [0, 0.05) is 63.2 Å². The molecule has 1 N–H and O–H groups in total. The van der Waals surface area contributed by atoms with Crippen molar-refractivity contribution in [3.05, 3.63) is 34.9 Å². The third-order valence-electron chi connectivity index (χ3n) is 6.33. The molecule has 1 saturated heterocycles. The number of alkyl halides is 5. The molecule has 1 amide bonds. The predicted octanol–water partition coefficient (Wildman–Crippen LogP) is 3.71. The molecule has 0 saturated carbocycles. The minimum atomic E-state index is -4.85. The van der Waals surface area contributed by atoms with Crippen molar-refractivity contribution in [2.24, 2.45) is 0 Å². The summed E-state index contributed by atoms with van der Waals surface area (Å²) in [7, 11) is 0. The van der Waals surface area contributed by atoms with Crippen LogP contribution >= 0.6 is 0 Å². The molecular formula is C25H29F5N6O4. The predicted molar refractivity (Wildman–Crippen MR) is 136 cm³/mol. The van der Waals surface area contributed by atoms with Gasteiger partial charge in [-0.15, -0.1) is 0 Å². The van der Waals surface area contributed by atoms with Crippen molar-refractivity contribution in [2.45, 2.75) is 45.5 Å². The molecule has 4 rings (SSSR count). The maximum absolute atomic E-state index is 13.6. The summed E-state index contributed by atoms with van der Waals surface area (Å²) in [6.45, 7) is 5.16. The lowest BCUT2D eigenvalue weighted by molar-refractivity contribution is -0.166. The molecule has 218 valence electrons. The second kappa shape index (κ2) is 11.5. The summed E-state index contributed by atoms with van der Waals surface area (Å²) in [4.78, 5) is 30.9. The second-order valence-corrected chi connectivity index (χ2v) is 9.68. The van der Waals surface area contributed by atoms with Crippen molar-refractivity contribution >= 4 is 22.6 Å². The van der Waals surface area contributed by atoms with Crippen LogP contribution in [0.5, 0.6) is 5.75 Å². The third-order valence-corrected chi connectivity index (χ3v) is 6.33. The zero-order chi connectivity index (χ0) is 29.2. The number of anilines is 1. The zero-order valence-electron chi connectivity index (χ0n) is 22.1. The van der Waals surface area contributed by atoms with Gasteiger partial charge in [0.25, 0.3) is 5.92 Å². The number of carbonyl (C=O) groups is 1. The first-order valence-electron chi connectivity index (χ1n) is 12.5. The van der Waals surface area contributed by atoms with E-state index in [-0.39, 0.29) is 22.1 Å². The molecule has 0 aromatic carbocycles. The van der Waals surface area contributed by atoms with E-state index in [9.17, 15) is 31.5 Å². The highest BCUT2D eigenvalue weighted by Crippen LogP contribution is 2.34. The number of halogens is 5. The van der Waals surface area contributed by atoms with Gasteiger partial charge in [-0.25, -0.2) is 18.4 Å². The fraction of sp³-hybridized carbons (Fsp3) is 0.520. The number of carbonyl (C=O) groups excluding carboxylic acids is 1. The summed E-state index contributed by atoms with van der Waals surface area (Å²) < 4.78 is 80.4. The fourth-order valence-corrected chi connectivity index (χ4v) is 4.23. The molecule has 3 aromatic heterocycles. The normalized spacial score (nSPS) is 15.8. The molecule has 0 spiro atoms. The molecule has 0 radical (unpaired) electrons. The van der Waals surface area contributed by atoms with Crippen LogP contribution in [0.2, 0.25) is 0 Å². The summed E-state index contributed by atoms with van der Waals surface area (Å²) in [6, 6.07) is 0.214. The maximum Gasteiger partial charge on any atom is 0.410 e. The van der Waals surface area contributed by atoms with Crippen molar-refractivity contribution in [3.8, 4) is 17.0 Å². The van der Waals surface area contributed by atoms with E-state index in [1.54, 1.807) is 6.20 Å². The van der Waals surface area contributed by atoms with Crippen molar-refractivity contribution in [1.29, 1.82) is 0 Å². The van der Waals surface area contributed by atoms with E-state index in [1.807, 2.05) is 4.57 Å². The van der Waals surface area contributed by atoms with E-state index in [4.69, 9.17) is 9.47 Å². The largest absolute Gasteiger partial charge is 0.481 e. The summed E-state index contributed by atoms with van der Waals surface area (Å²) in [5.74, 6) is -4.24. The quantitative estimate of drug-likeness (QED) is 0.390. The number of hydrogen-bond acceptors (Lipinski definition) is 7. The van der Waals surface area contributed by atoms with Crippen molar-refractivity contribution in [1.82, 2.24) is 24.2 Å². The minimum Gasteiger partial charge on any atom is -0.481 e. The molecule has 0 aliphatic carbocycles. The van der Waals surface area contributed by atoms with Crippen LogP contribution in [0.3, 0.4) is 0 Å². The van der Waals surface area contributed by atoms with Crippen LogP contribution in [0, 0.1) is 0 Å². The summed E-state index contributed by atoms with van der Waals surface area (Å²) in [5, 5.41) is 7.01. The second-order valence-electron chi connectivity index (χ2n) is 9.68. The molecule has 1 aliphatic rings. The Morgan fingerprint density at radius 1 is 1.18 bits per heavy atom. The molecule has 0 bridgehead atoms. The van der Waals surface area contributed by atoms with Gasteiger partial charge in [0.2, 0.25) is 5.91 Å². The highest BCUT2D eigenvalue weighted by atomic mass is 19.4. The lowest BCUT2D eigenvalue weighted by Crippen LogP contribution is -2.38. The Morgan fingerprint density at radius 3 is 2.50 bits per heavy atom. The Morgan fingerprint density at radius 2 is 1.88 bits per heavy atom. The average molecular weight is 573 g/mol. The number of aromatic nitrogens is 4. The molecule has 1 aliphatic heterocycles. The van der Waals surface area contributed by atoms with Crippen LogP contribution in [-0.2, 0) is 16.1 Å². The molecule has 15 heteroatoms. The van der Waals surface area contributed by atoms with E-state index in [2.05, 4.69) is 20.3 Å². The van der Waals surface area contributed by atoms with Gasteiger partial charge in [-0.05, 0) is 13.0 Å². The first-order chi connectivity index (χ1) is 18.7. The van der Waals surface area contributed by atoms with Crippen molar-refractivity contribution in [2.75, 3.05) is 44.8 Å². The Kier molecular flexibility index (Phi) is 8.44. The molecule has 1 atom stereocenters. The number of pyridine rings is 1. The Hall–Kier alpha value is -3.59. The number of amides is 1. The summed E-state index contributed by atoms with van der Waals surface area (Å²) in [5.41, 5.74) is -0.528. The van der Waals surface area contributed by atoms with Crippen LogP contribution in [0.1, 0.15) is 26.8 Å². The molecule has 0 unspecified atom stereocenters. The maximum atomic E-state index is 13.6. The van der Waals surface area contributed by atoms with Gasteiger partial charge in [0.1, 0.15) is 11.9 Å². The fourth-order valence-electron chi connectivity index (χ4n) is 4.23. The summed E-state index contributed by atoms with van der Waals surface area (Å²) >= 11 is 0. The van der Waals surface area contributed by atoms with E-state index < -0.39 is 36.1 Å². The number of rotatable bonds is 9. The van der Waals surface area contributed by atoms with E-state index in [1.165, 1.54) is 19.2 Å². The molecular weight excluding hydrogens is 543 g/mol. The van der Waals surface area contributed by atoms with E-state index in [0.29, 0.717) is 49.7 Å². The zero-order valence-corrected chi connectivity index (χ0v) is 22.1. The van der Waals surface area contributed by atoms with Crippen LogP contribution in [0.15, 0.2) is 29.3 Å². The monoisotopic (exact) mass is 572 g/mol. The van der Waals surface area contributed by atoms with Gasteiger partial charge in [-0.1, -0.05) is 0 Å². The average Bonchev–Trinajstić information content (AvgIpc) is 3.23. The van der Waals surface area contributed by atoms with Gasteiger partial charge in [0.05, 0.1) is 30.6 Å². The Bertz CT molecular complexity index is 1430. The molecule has 4 heterocycles. The van der Waals surface area contributed by atoms with Crippen LogP contribution < -0.4 is 15.6 Å². The number of nitrogens with one attached hydrogen (secondary N) is 1. The van der Waals surface area contributed by atoms with Crippen LogP contribution in [0.4, 0.5) is 27.8 Å². The number of morpholine rings is 1. The highest BCUT2D eigenvalue weighted by molar-refractivity contribution is 5.98. The van der Waals surface area contributed by atoms with E-state index >= 15 is 0 Å². The lowest BCUT2D eigenvalue weighted by atomic mass is 10.1. The van der Waals surface area contributed by atoms with Crippen LogP contribution in [0.25, 0.3) is 22.2 Å². The topological polar surface area (TPSA) is 104 Å². The first kappa shape index (κ1) is 29.4. The van der Waals surface area contributed by atoms with Gasteiger partial charge in [-0.3, -0.25) is 14.5 Å². The van der Waals surface area contributed by atoms with Crippen molar-refractivity contribution in [3.63, 3.8) is 0 Å². The third kappa shape index (κ3) is 6.94. The Labute approximate surface area is 225 Å². The number of ether oxygens (including phenoxy) is 2. The SMILES string of the molecule is CC(=O)Nc1cc2c(-c3cc(OCC(C)(F)F)c(=O)n([C@@H](C)C(F)(F)F)n3)cn(CCN3CCOCC3)c2cn1. The molecule has 1 fully saturated rings. The van der Waals surface area contributed by atoms with Crippen LogP contribution in [-0.4, -0.2) is 81.7 Å². The number of nitrogens with zero attached hydrogens (tertiary/aromatic N) is 5. The van der Waals surface area contributed by atoms with Gasteiger partial charge >= 0.3 is 11.7 Å². The van der Waals surface area contributed by atoms with Gasteiger partial charge < -0.3 is 19.4 Å². The lowest BCUT2D eigenvalue weighted by Gasteiger charge is -2.26. The number of fused-ring (bicyclic) bond motifs is 1. The smallest absolute Gasteiger partial charge is 0.410 e. The standard InChI is InChI=1S/C25H29F5N6O4/c1-15(25(28,29)30)36-23(38)21(40-14-24(3,26)27)11-19(33-36)18-13-35(5-4-34-6-8-39-9-7-34)20-12-31-22(10-17(18)20)32-16(2)37/h10-13,15H,4-9,14H2,1-3H3,(H,31,32,37)/t15-/m0/s1. The number of hydrogen-bond donors (Lipinski definition) is 1. The minimum absolute atomic E-state index is 0.111. The van der Waals surface area contributed by atoms with Crippen molar-refractivity contribution < 1.29 is 36.2 Å². The van der Waals surface area contributed by atoms with Gasteiger partial charge in [-0.2, -0.15) is 18.3 Å². The highest BCUT2D eigenvalue weighted by Gasteiger charge is 2.39. The molecule has 40 heavy (non-hydrogen) atoms. The molecule has 3 aromatic rings.